The molecule has 0 spiro atoms. The molecule has 1 aromatic carbocycles. The van der Waals surface area contributed by atoms with Crippen molar-refractivity contribution in [2.75, 3.05) is 12.0 Å². The van der Waals surface area contributed by atoms with Gasteiger partial charge in [-0.05, 0) is 43.0 Å². The first-order valence-corrected chi connectivity index (χ1v) is 9.21. The van der Waals surface area contributed by atoms with Gasteiger partial charge in [-0.3, -0.25) is 4.79 Å². The van der Waals surface area contributed by atoms with E-state index in [0.717, 1.165) is 12.8 Å². The Labute approximate surface area is 165 Å². The van der Waals surface area contributed by atoms with Crippen molar-refractivity contribution in [1.82, 2.24) is 15.5 Å². The average Bonchev–Trinajstić information content (AvgIpc) is 3.46. The zero-order valence-corrected chi connectivity index (χ0v) is 15.6. The Morgan fingerprint density at radius 3 is 2.69 bits per heavy atom. The first-order valence-electron chi connectivity index (χ1n) is 9.21. The molecule has 4 rings (SSSR count). The molecular formula is C20H19F3N4O2. The molecule has 0 saturated heterocycles. The summed E-state index contributed by atoms with van der Waals surface area (Å²) in [4.78, 5) is 25.6. The average molecular weight is 404 g/mol. The van der Waals surface area contributed by atoms with Crippen LogP contribution < -0.4 is 16.0 Å². The van der Waals surface area contributed by atoms with Crippen LogP contribution in [-0.4, -0.2) is 29.7 Å². The van der Waals surface area contributed by atoms with Crippen molar-refractivity contribution in [1.29, 1.82) is 0 Å². The zero-order chi connectivity index (χ0) is 20.8. The minimum absolute atomic E-state index is 0.0460. The Morgan fingerprint density at radius 2 is 2.03 bits per heavy atom. The van der Waals surface area contributed by atoms with Crippen molar-refractivity contribution in [3.63, 3.8) is 0 Å². The normalized spacial score (nSPS) is 23.4. The molecule has 6 nitrogen and oxygen atoms in total. The number of alkyl halides is 3. The van der Waals surface area contributed by atoms with E-state index in [1.807, 2.05) is 5.32 Å². The van der Waals surface area contributed by atoms with Crippen molar-refractivity contribution in [2.24, 2.45) is 5.92 Å². The van der Waals surface area contributed by atoms with Gasteiger partial charge < -0.3 is 20.9 Å². The third-order valence-electron chi connectivity index (χ3n) is 5.19. The van der Waals surface area contributed by atoms with Crippen LogP contribution in [0.15, 0.2) is 24.4 Å². The molecule has 3 N–H and O–H groups in total. The Hall–Kier alpha value is -3.15. The second kappa shape index (κ2) is 6.72. The van der Waals surface area contributed by atoms with Gasteiger partial charge >= 0.3 is 12.2 Å². The molecule has 0 bridgehead atoms. The SMILES string of the molecule is Cc1cc2c(cc1CN1CNC=CC1=O)NC(=O)N[C@]2(C#CC1CC1)C(F)(F)F. The van der Waals surface area contributed by atoms with Gasteiger partial charge in [0, 0.05) is 36.0 Å². The second-order valence-corrected chi connectivity index (χ2v) is 7.43. The molecule has 0 radical (unpaired) electrons. The molecule has 2 aliphatic heterocycles. The van der Waals surface area contributed by atoms with E-state index in [4.69, 9.17) is 0 Å². The van der Waals surface area contributed by atoms with E-state index in [1.54, 1.807) is 13.1 Å². The number of aryl methyl sites for hydroxylation is 1. The first-order chi connectivity index (χ1) is 13.7. The number of carbonyl (C=O) groups is 2. The molecule has 29 heavy (non-hydrogen) atoms. The lowest BCUT2D eigenvalue weighted by Gasteiger charge is -2.38. The number of nitrogens with one attached hydrogen (secondary N) is 3. The van der Waals surface area contributed by atoms with Gasteiger partial charge in [-0.25, -0.2) is 4.79 Å². The highest BCUT2D eigenvalue weighted by molar-refractivity contribution is 5.95. The maximum Gasteiger partial charge on any atom is 0.427 e. The van der Waals surface area contributed by atoms with E-state index in [9.17, 15) is 22.8 Å². The molecule has 9 heteroatoms. The lowest BCUT2D eigenvalue weighted by Crippen LogP contribution is -2.59. The van der Waals surface area contributed by atoms with E-state index in [2.05, 4.69) is 22.5 Å². The van der Waals surface area contributed by atoms with E-state index in [0.29, 0.717) is 17.8 Å². The summed E-state index contributed by atoms with van der Waals surface area (Å²) < 4.78 is 42.5. The van der Waals surface area contributed by atoms with E-state index >= 15 is 0 Å². The smallest absolute Gasteiger partial charge is 0.373 e. The van der Waals surface area contributed by atoms with Crippen LogP contribution in [0.25, 0.3) is 0 Å². The lowest BCUT2D eigenvalue weighted by molar-refractivity contribution is -0.178. The zero-order valence-electron chi connectivity index (χ0n) is 15.6. The Balaban J connectivity index is 1.78. The molecule has 1 aromatic rings. The number of anilines is 1. The number of hydrogen-bond donors (Lipinski definition) is 3. The molecule has 3 aliphatic rings. The van der Waals surface area contributed by atoms with Gasteiger partial charge in [0.2, 0.25) is 11.4 Å². The monoisotopic (exact) mass is 404 g/mol. The minimum Gasteiger partial charge on any atom is -0.373 e. The largest absolute Gasteiger partial charge is 0.427 e. The molecule has 1 atom stereocenters. The highest BCUT2D eigenvalue weighted by atomic mass is 19.4. The third-order valence-corrected chi connectivity index (χ3v) is 5.19. The molecule has 152 valence electrons. The van der Waals surface area contributed by atoms with Crippen LogP contribution in [0.1, 0.15) is 29.5 Å². The third kappa shape index (κ3) is 3.50. The minimum atomic E-state index is -4.80. The Bertz CT molecular complexity index is 972. The first kappa shape index (κ1) is 19.2. The van der Waals surface area contributed by atoms with Crippen LogP contribution in [0.4, 0.5) is 23.7 Å². The van der Waals surface area contributed by atoms with E-state index < -0.39 is 17.7 Å². The van der Waals surface area contributed by atoms with Gasteiger partial charge in [-0.2, -0.15) is 13.2 Å². The topological polar surface area (TPSA) is 73.5 Å². The summed E-state index contributed by atoms with van der Waals surface area (Å²) in [6.07, 6.45) is -0.340. The quantitative estimate of drug-likeness (QED) is 0.664. The summed E-state index contributed by atoms with van der Waals surface area (Å²) in [5, 5.41) is 7.39. The highest BCUT2D eigenvalue weighted by Crippen LogP contribution is 2.45. The molecular weight excluding hydrogens is 385 g/mol. The van der Waals surface area contributed by atoms with Crippen LogP contribution in [0.3, 0.4) is 0 Å². The lowest BCUT2D eigenvalue weighted by atomic mass is 9.84. The van der Waals surface area contributed by atoms with Crippen LogP contribution in [0.2, 0.25) is 0 Å². The molecule has 1 fully saturated rings. The van der Waals surface area contributed by atoms with Crippen LogP contribution in [0.5, 0.6) is 0 Å². The molecule has 1 saturated carbocycles. The Morgan fingerprint density at radius 1 is 1.28 bits per heavy atom. The maximum atomic E-state index is 14.2. The van der Waals surface area contributed by atoms with Gasteiger partial charge in [-0.15, -0.1) is 0 Å². The van der Waals surface area contributed by atoms with Crippen molar-refractivity contribution >= 4 is 17.6 Å². The number of rotatable bonds is 2. The number of benzene rings is 1. The van der Waals surface area contributed by atoms with Gasteiger partial charge in [0.1, 0.15) is 0 Å². The van der Waals surface area contributed by atoms with Gasteiger partial charge in [0.25, 0.3) is 0 Å². The number of nitrogens with zero attached hydrogens (tertiary/aromatic N) is 1. The molecule has 1 aliphatic carbocycles. The summed E-state index contributed by atoms with van der Waals surface area (Å²) in [6.45, 7) is 2.17. The molecule has 2 heterocycles. The maximum absolute atomic E-state index is 14.2. The summed E-state index contributed by atoms with van der Waals surface area (Å²) in [6, 6.07) is 1.92. The van der Waals surface area contributed by atoms with Gasteiger partial charge in [-0.1, -0.05) is 11.8 Å². The van der Waals surface area contributed by atoms with Crippen molar-refractivity contribution in [3.8, 4) is 11.8 Å². The van der Waals surface area contributed by atoms with Gasteiger partial charge in [0.15, 0.2) is 0 Å². The van der Waals surface area contributed by atoms with Crippen LogP contribution >= 0.6 is 0 Å². The predicted molar refractivity (Wildman–Crippen MR) is 99.3 cm³/mol. The fourth-order valence-corrected chi connectivity index (χ4v) is 3.37. The number of carbonyl (C=O) groups excluding carboxylic acids is 2. The van der Waals surface area contributed by atoms with E-state index in [-0.39, 0.29) is 29.6 Å². The van der Waals surface area contributed by atoms with Gasteiger partial charge in [0.05, 0.1) is 6.67 Å². The summed E-state index contributed by atoms with van der Waals surface area (Å²) in [5.74, 6) is 4.73. The number of fused-ring (bicyclic) bond motifs is 1. The molecule has 3 amide bonds. The summed E-state index contributed by atoms with van der Waals surface area (Å²) in [5.41, 5.74) is -1.64. The number of halogens is 3. The fraction of sp³-hybridized carbons (Fsp3) is 0.400. The second-order valence-electron chi connectivity index (χ2n) is 7.43. The van der Waals surface area contributed by atoms with Crippen molar-refractivity contribution in [2.45, 2.75) is 38.0 Å². The van der Waals surface area contributed by atoms with Crippen LogP contribution in [-0.2, 0) is 16.9 Å². The number of hydrogen-bond acceptors (Lipinski definition) is 3. The molecule has 0 unspecified atom stereocenters. The fourth-order valence-electron chi connectivity index (χ4n) is 3.37. The van der Waals surface area contributed by atoms with E-state index in [1.165, 1.54) is 23.1 Å². The Kier molecular flexibility index (Phi) is 4.45. The summed E-state index contributed by atoms with van der Waals surface area (Å²) >= 11 is 0. The summed E-state index contributed by atoms with van der Waals surface area (Å²) in [7, 11) is 0. The molecule has 0 aromatic heterocycles. The predicted octanol–water partition coefficient (Wildman–Crippen LogP) is 2.70. The van der Waals surface area contributed by atoms with Crippen LogP contribution in [0, 0.1) is 24.7 Å². The standard InChI is InChI=1S/C20H19F3N4O2/c1-12-8-15-16(9-14(12)10-27-11-24-7-5-17(27)28)25-18(29)26-19(15,20(21,22)23)6-4-13-2-3-13/h5,7-9,13,24H,2-3,10-11H2,1H3,(H2,25,26,29)/t19-/m0/s1. The van der Waals surface area contributed by atoms with Crippen molar-refractivity contribution in [3.05, 3.63) is 41.1 Å². The number of urea groups is 1. The number of amides is 3. The highest BCUT2D eigenvalue weighted by Gasteiger charge is 2.59. The van der Waals surface area contributed by atoms with Crippen molar-refractivity contribution < 1.29 is 22.8 Å².